The summed E-state index contributed by atoms with van der Waals surface area (Å²) >= 11 is 0. The molecule has 160 valence electrons. The standard InChI is InChI=1S/C22H21FN4O4/c23-15-5-3-13(4-6-15)9-14-10-16-19(25-11-14)20(29)18(21(24)30)22(31)27(16)12-17(28)26-7-1-2-8-26/h3-6,10-11,29H,1-2,7-9,12H2,(H2,24,30). The fourth-order valence-corrected chi connectivity index (χ4v) is 3.86. The SMILES string of the molecule is NC(=O)c1c(O)c2ncc(Cc3ccc(F)cc3)cc2n(CC(=O)N2CCCC2)c1=O. The van der Waals surface area contributed by atoms with Gasteiger partial charge in [0, 0.05) is 19.3 Å². The van der Waals surface area contributed by atoms with E-state index in [0.717, 1.165) is 23.0 Å². The molecule has 1 aliphatic heterocycles. The first-order valence-corrected chi connectivity index (χ1v) is 9.91. The molecule has 0 unspecified atom stereocenters. The number of likely N-dealkylation sites (tertiary alicyclic amines) is 1. The zero-order valence-corrected chi connectivity index (χ0v) is 16.7. The minimum Gasteiger partial charge on any atom is -0.505 e. The molecule has 1 aliphatic rings. The third kappa shape index (κ3) is 3.98. The topological polar surface area (TPSA) is 119 Å². The van der Waals surface area contributed by atoms with Crippen molar-refractivity contribution in [2.24, 2.45) is 5.73 Å². The minimum absolute atomic E-state index is 0.00507. The van der Waals surface area contributed by atoms with Gasteiger partial charge in [-0.25, -0.2) is 4.39 Å². The van der Waals surface area contributed by atoms with E-state index in [2.05, 4.69) is 4.98 Å². The van der Waals surface area contributed by atoms with E-state index in [4.69, 9.17) is 5.73 Å². The van der Waals surface area contributed by atoms with Gasteiger partial charge in [-0.1, -0.05) is 12.1 Å². The summed E-state index contributed by atoms with van der Waals surface area (Å²) in [5, 5.41) is 10.5. The molecule has 0 bridgehead atoms. The van der Waals surface area contributed by atoms with E-state index in [1.807, 2.05) is 0 Å². The lowest BCUT2D eigenvalue weighted by molar-refractivity contribution is -0.130. The van der Waals surface area contributed by atoms with Crippen molar-refractivity contribution in [3.8, 4) is 5.75 Å². The van der Waals surface area contributed by atoms with Gasteiger partial charge in [-0.2, -0.15) is 0 Å². The predicted octanol–water partition coefficient (Wildman–Crippen LogP) is 1.55. The predicted molar refractivity (Wildman–Crippen MR) is 111 cm³/mol. The number of hydrogen-bond donors (Lipinski definition) is 2. The molecule has 2 aromatic heterocycles. The zero-order chi connectivity index (χ0) is 22.1. The Labute approximate surface area is 176 Å². The van der Waals surface area contributed by atoms with Gasteiger partial charge in [0.1, 0.15) is 23.4 Å². The van der Waals surface area contributed by atoms with Crippen molar-refractivity contribution in [2.75, 3.05) is 13.1 Å². The van der Waals surface area contributed by atoms with E-state index in [9.17, 15) is 23.9 Å². The molecular weight excluding hydrogens is 403 g/mol. The molecule has 3 aromatic rings. The number of aromatic hydroxyl groups is 1. The molecule has 0 saturated carbocycles. The van der Waals surface area contributed by atoms with Gasteiger partial charge in [-0.15, -0.1) is 0 Å². The maximum Gasteiger partial charge on any atom is 0.268 e. The van der Waals surface area contributed by atoms with Gasteiger partial charge in [0.2, 0.25) is 5.91 Å². The van der Waals surface area contributed by atoms with Crippen molar-refractivity contribution in [1.82, 2.24) is 14.5 Å². The van der Waals surface area contributed by atoms with Crippen LogP contribution < -0.4 is 11.3 Å². The highest BCUT2D eigenvalue weighted by Crippen LogP contribution is 2.26. The van der Waals surface area contributed by atoms with Crippen LogP contribution in [0, 0.1) is 5.82 Å². The molecule has 1 saturated heterocycles. The lowest BCUT2D eigenvalue weighted by Gasteiger charge is -2.18. The van der Waals surface area contributed by atoms with E-state index >= 15 is 0 Å². The summed E-state index contributed by atoms with van der Waals surface area (Å²) in [7, 11) is 0. The van der Waals surface area contributed by atoms with Crippen LogP contribution in [0.2, 0.25) is 0 Å². The van der Waals surface area contributed by atoms with E-state index in [-0.39, 0.29) is 29.3 Å². The Bertz CT molecular complexity index is 1230. The molecule has 31 heavy (non-hydrogen) atoms. The Morgan fingerprint density at radius 3 is 2.45 bits per heavy atom. The average molecular weight is 424 g/mol. The monoisotopic (exact) mass is 424 g/mol. The zero-order valence-electron chi connectivity index (χ0n) is 16.7. The normalized spacial score (nSPS) is 13.6. The number of amides is 2. The Hall–Kier alpha value is -3.75. The highest BCUT2D eigenvalue weighted by molar-refractivity contribution is 6.00. The van der Waals surface area contributed by atoms with Crippen LogP contribution in [0.4, 0.5) is 4.39 Å². The lowest BCUT2D eigenvalue weighted by Crippen LogP contribution is -2.37. The number of benzene rings is 1. The number of aromatic nitrogens is 2. The number of halogens is 1. The summed E-state index contributed by atoms with van der Waals surface area (Å²) in [5.74, 6) is -2.31. The number of carbonyl (C=O) groups excluding carboxylic acids is 2. The molecule has 0 atom stereocenters. The van der Waals surface area contributed by atoms with Crippen LogP contribution in [0.5, 0.6) is 5.75 Å². The molecule has 1 fully saturated rings. The summed E-state index contributed by atoms with van der Waals surface area (Å²) in [6, 6.07) is 7.60. The summed E-state index contributed by atoms with van der Waals surface area (Å²) in [4.78, 5) is 43.4. The van der Waals surface area contributed by atoms with Crippen LogP contribution in [0.1, 0.15) is 34.3 Å². The van der Waals surface area contributed by atoms with Crippen molar-refractivity contribution in [3.05, 3.63) is 69.4 Å². The fraction of sp³-hybridized carbons (Fsp3) is 0.273. The maximum absolute atomic E-state index is 13.2. The largest absolute Gasteiger partial charge is 0.505 e. The summed E-state index contributed by atoms with van der Waals surface area (Å²) in [6.07, 6.45) is 3.68. The summed E-state index contributed by atoms with van der Waals surface area (Å²) in [6.45, 7) is 0.929. The molecule has 2 amide bonds. The molecule has 0 aliphatic carbocycles. The molecule has 4 rings (SSSR count). The van der Waals surface area contributed by atoms with E-state index < -0.39 is 22.8 Å². The summed E-state index contributed by atoms with van der Waals surface area (Å²) in [5.41, 5.74) is 5.60. The van der Waals surface area contributed by atoms with E-state index in [0.29, 0.717) is 25.1 Å². The number of hydrogen-bond acceptors (Lipinski definition) is 5. The van der Waals surface area contributed by atoms with Gasteiger partial charge in [-0.05, 0) is 48.6 Å². The van der Waals surface area contributed by atoms with Crippen LogP contribution in [0.15, 0.2) is 41.3 Å². The number of rotatable bonds is 5. The van der Waals surface area contributed by atoms with Gasteiger partial charge in [-0.3, -0.25) is 23.9 Å². The second-order valence-electron chi connectivity index (χ2n) is 7.58. The van der Waals surface area contributed by atoms with Crippen LogP contribution in [0.25, 0.3) is 11.0 Å². The van der Waals surface area contributed by atoms with Gasteiger partial charge in [0.25, 0.3) is 11.5 Å². The first-order chi connectivity index (χ1) is 14.8. The highest BCUT2D eigenvalue weighted by Gasteiger charge is 2.25. The average Bonchev–Trinajstić information content (AvgIpc) is 3.27. The lowest BCUT2D eigenvalue weighted by atomic mass is 10.1. The molecule has 0 spiro atoms. The number of fused-ring (bicyclic) bond motifs is 1. The number of carbonyl (C=O) groups is 2. The molecule has 3 heterocycles. The first kappa shape index (κ1) is 20.5. The second kappa shape index (κ2) is 8.17. The summed E-state index contributed by atoms with van der Waals surface area (Å²) < 4.78 is 14.3. The Morgan fingerprint density at radius 2 is 1.81 bits per heavy atom. The van der Waals surface area contributed by atoms with E-state index in [1.165, 1.54) is 18.3 Å². The van der Waals surface area contributed by atoms with Gasteiger partial charge in [0.15, 0.2) is 5.75 Å². The molecule has 9 heteroatoms. The Morgan fingerprint density at radius 1 is 1.13 bits per heavy atom. The van der Waals surface area contributed by atoms with Crippen molar-refractivity contribution in [1.29, 1.82) is 0 Å². The Kier molecular flexibility index (Phi) is 5.41. The van der Waals surface area contributed by atoms with Crippen LogP contribution >= 0.6 is 0 Å². The third-order valence-electron chi connectivity index (χ3n) is 5.46. The number of nitrogens with zero attached hydrogens (tertiary/aromatic N) is 3. The smallest absolute Gasteiger partial charge is 0.268 e. The minimum atomic E-state index is -1.09. The quantitative estimate of drug-likeness (QED) is 0.644. The van der Waals surface area contributed by atoms with Crippen molar-refractivity contribution < 1.29 is 19.1 Å². The molecule has 3 N–H and O–H groups in total. The van der Waals surface area contributed by atoms with Crippen molar-refractivity contribution in [2.45, 2.75) is 25.8 Å². The Balaban J connectivity index is 1.82. The van der Waals surface area contributed by atoms with Gasteiger partial charge < -0.3 is 15.7 Å². The van der Waals surface area contributed by atoms with Gasteiger partial charge >= 0.3 is 0 Å². The molecular formula is C22H21FN4O4. The fourth-order valence-electron chi connectivity index (χ4n) is 3.86. The third-order valence-corrected chi connectivity index (χ3v) is 5.46. The molecule has 1 aromatic carbocycles. The number of pyridine rings is 2. The highest BCUT2D eigenvalue weighted by atomic mass is 19.1. The van der Waals surface area contributed by atoms with Crippen molar-refractivity contribution in [3.63, 3.8) is 0 Å². The van der Waals surface area contributed by atoms with Gasteiger partial charge in [0.05, 0.1) is 5.52 Å². The first-order valence-electron chi connectivity index (χ1n) is 9.91. The second-order valence-corrected chi connectivity index (χ2v) is 7.58. The molecule has 0 radical (unpaired) electrons. The molecule has 8 nitrogen and oxygen atoms in total. The maximum atomic E-state index is 13.2. The van der Waals surface area contributed by atoms with Crippen molar-refractivity contribution >= 4 is 22.8 Å². The van der Waals surface area contributed by atoms with Crippen LogP contribution in [-0.2, 0) is 17.8 Å². The number of primary amides is 1. The number of nitrogens with two attached hydrogens (primary N) is 1. The van der Waals surface area contributed by atoms with E-state index in [1.54, 1.807) is 23.1 Å². The van der Waals surface area contributed by atoms with Crippen LogP contribution in [-0.4, -0.2) is 44.5 Å². The van der Waals surface area contributed by atoms with Crippen LogP contribution in [0.3, 0.4) is 0 Å².